The Morgan fingerprint density at radius 3 is 2.88 bits per heavy atom. The molecule has 1 aliphatic carbocycles. The van der Waals surface area contributed by atoms with Gasteiger partial charge in [-0.15, -0.1) is 11.3 Å². The third kappa shape index (κ3) is 3.57. The first-order valence-corrected chi connectivity index (χ1v) is 7.12. The predicted octanol–water partition coefficient (Wildman–Crippen LogP) is 2.80. The number of nitrogens with zero attached hydrogens (tertiary/aromatic N) is 1. The lowest BCUT2D eigenvalue weighted by Crippen LogP contribution is -2.29. The molecule has 1 aliphatic rings. The van der Waals surface area contributed by atoms with E-state index in [1.165, 1.54) is 17.7 Å². The molecule has 0 saturated heterocycles. The highest BCUT2D eigenvalue weighted by Crippen LogP contribution is 2.30. The number of amidine groups is 1. The maximum absolute atomic E-state index is 7.28. The first-order chi connectivity index (χ1) is 7.65. The van der Waals surface area contributed by atoms with Gasteiger partial charge in [0.15, 0.2) is 0 Å². The second-order valence-electron chi connectivity index (χ2n) is 4.21. The fraction of sp³-hybridized carbons (Fsp3) is 0.545. The fourth-order valence-electron chi connectivity index (χ4n) is 1.73. The van der Waals surface area contributed by atoms with Crippen LogP contribution in [0.1, 0.15) is 24.1 Å². The number of hydrogen-bond donors (Lipinski definition) is 2. The Morgan fingerprint density at radius 1 is 1.62 bits per heavy atom. The molecule has 0 spiro atoms. The van der Waals surface area contributed by atoms with Crippen LogP contribution in [-0.2, 0) is 6.54 Å². The molecule has 1 aromatic rings. The van der Waals surface area contributed by atoms with Crippen LogP contribution in [0.2, 0.25) is 0 Å². The summed E-state index contributed by atoms with van der Waals surface area (Å²) in [6.07, 6.45) is 3.28. The molecule has 0 amide bonds. The van der Waals surface area contributed by atoms with Gasteiger partial charge in [-0.1, -0.05) is 0 Å². The number of hydrogen-bond acceptors (Lipinski definition) is 3. The van der Waals surface area contributed by atoms with E-state index in [1.807, 2.05) is 0 Å². The first kappa shape index (κ1) is 12.1. The van der Waals surface area contributed by atoms with Crippen molar-refractivity contribution in [3.05, 3.63) is 20.8 Å². The van der Waals surface area contributed by atoms with Crippen molar-refractivity contribution in [2.45, 2.75) is 31.8 Å². The van der Waals surface area contributed by atoms with Gasteiger partial charge < -0.3 is 5.73 Å². The molecule has 0 aromatic carbocycles. The highest BCUT2D eigenvalue weighted by atomic mass is 79.9. The predicted molar refractivity (Wildman–Crippen MR) is 72.0 cm³/mol. The van der Waals surface area contributed by atoms with Crippen LogP contribution in [0.15, 0.2) is 15.9 Å². The summed E-state index contributed by atoms with van der Waals surface area (Å²) in [4.78, 5) is 3.82. The normalized spacial score (nSPS) is 15.6. The minimum absolute atomic E-state index is 0.290. The molecule has 5 heteroatoms. The molecule has 0 radical (unpaired) electrons. The summed E-state index contributed by atoms with van der Waals surface area (Å²) >= 11 is 5.26. The summed E-state index contributed by atoms with van der Waals surface area (Å²) in [6.45, 7) is 1.91. The molecule has 0 atom stereocenters. The molecule has 3 N–H and O–H groups in total. The zero-order chi connectivity index (χ0) is 11.5. The zero-order valence-electron chi connectivity index (χ0n) is 9.08. The summed E-state index contributed by atoms with van der Waals surface area (Å²) in [6, 6.07) is 2.90. The lowest BCUT2D eigenvalue weighted by Gasteiger charge is -2.20. The van der Waals surface area contributed by atoms with Crippen LogP contribution in [0.5, 0.6) is 0 Å². The number of nitrogens with two attached hydrogens (primary N) is 1. The number of halogens is 1. The van der Waals surface area contributed by atoms with E-state index in [4.69, 9.17) is 11.1 Å². The van der Waals surface area contributed by atoms with Crippen molar-refractivity contribution in [2.24, 2.45) is 5.73 Å². The minimum Gasteiger partial charge on any atom is -0.388 e. The van der Waals surface area contributed by atoms with Crippen LogP contribution >= 0.6 is 27.3 Å². The Labute approximate surface area is 108 Å². The van der Waals surface area contributed by atoms with E-state index in [0.29, 0.717) is 6.42 Å². The molecule has 2 rings (SSSR count). The summed E-state index contributed by atoms with van der Waals surface area (Å²) in [5.74, 6) is 0.290. The van der Waals surface area contributed by atoms with Gasteiger partial charge in [0.25, 0.3) is 0 Å². The molecule has 0 aliphatic heterocycles. The average Bonchev–Trinajstić information content (AvgIpc) is 2.98. The Morgan fingerprint density at radius 2 is 2.38 bits per heavy atom. The maximum atomic E-state index is 7.28. The Hall–Kier alpha value is -0.390. The van der Waals surface area contributed by atoms with Crippen LogP contribution in [0, 0.1) is 5.41 Å². The molecule has 0 bridgehead atoms. The molecule has 1 aromatic heterocycles. The Kier molecular flexibility index (Phi) is 4.00. The fourth-order valence-corrected chi connectivity index (χ4v) is 3.21. The van der Waals surface area contributed by atoms with Gasteiger partial charge in [-0.3, -0.25) is 10.3 Å². The van der Waals surface area contributed by atoms with Crippen LogP contribution in [0.25, 0.3) is 0 Å². The topological polar surface area (TPSA) is 53.1 Å². The summed E-state index contributed by atoms with van der Waals surface area (Å²) < 4.78 is 1.16. The Bertz CT molecular complexity index is 373. The molecule has 0 unspecified atom stereocenters. The van der Waals surface area contributed by atoms with Gasteiger partial charge in [-0.25, -0.2) is 0 Å². The summed E-state index contributed by atoms with van der Waals surface area (Å²) in [7, 11) is 0. The first-order valence-electron chi connectivity index (χ1n) is 5.45. The monoisotopic (exact) mass is 301 g/mol. The van der Waals surface area contributed by atoms with E-state index in [0.717, 1.165) is 23.6 Å². The van der Waals surface area contributed by atoms with Crippen molar-refractivity contribution in [2.75, 3.05) is 6.54 Å². The van der Waals surface area contributed by atoms with E-state index in [-0.39, 0.29) is 5.84 Å². The van der Waals surface area contributed by atoms with Crippen molar-refractivity contribution in [3.63, 3.8) is 0 Å². The van der Waals surface area contributed by atoms with Gasteiger partial charge in [0, 0.05) is 40.3 Å². The van der Waals surface area contributed by atoms with Gasteiger partial charge in [0.05, 0.1) is 5.84 Å². The van der Waals surface area contributed by atoms with Crippen LogP contribution in [0.3, 0.4) is 0 Å². The molecule has 1 heterocycles. The Balaban J connectivity index is 1.89. The third-order valence-corrected chi connectivity index (χ3v) is 4.39. The highest BCUT2D eigenvalue weighted by Gasteiger charge is 2.28. The van der Waals surface area contributed by atoms with Crippen molar-refractivity contribution < 1.29 is 0 Å². The summed E-state index contributed by atoms with van der Waals surface area (Å²) in [5.41, 5.74) is 5.41. The molecule has 1 fully saturated rings. The van der Waals surface area contributed by atoms with E-state index < -0.39 is 0 Å². The molecule has 16 heavy (non-hydrogen) atoms. The van der Waals surface area contributed by atoms with Crippen molar-refractivity contribution in [1.29, 1.82) is 5.41 Å². The second kappa shape index (κ2) is 5.29. The largest absolute Gasteiger partial charge is 0.388 e. The van der Waals surface area contributed by atoms with Crippen LogP contribution in [0.4, 0.5) is 0 Å². The van der Waals surface area contributed by atoms with Gasteiger partial charge in [-0.05, 0) is 34.8 Å². The van der Waals surface area contributed by atoms with Gasteiger partial charge in [0.1, 0.15) is 0 Å². The van der Waals surface area contributed by atoms with E-state index in [2.05, 4.69) is 32.3 Å². The minimum atomic E-state index is 0.290. The van der Waals surface area contributed by atoms with Gasteiger partial charge >= 0.3 is 0 Å². The van der Waals surface area contributed by atoms with E-state index in [1.54, 1.807) is 11.3 Å². The molecular weight excluding hydrogens is 286 g/mol. The van der Waals surface area contributed by atoms with Crippen molar-refractivity contribution >= 4 is 33.1 Å². The lowest BCUT2D eigenvalue weighted by molar-refractivity contribution is 0.264. The van der Waals surface area contributed by atoms with E-state index in [9.17, 15) is 0 Å². The van der Waals surface area contributed by atoms with Crippen LogP contribution in [-0.4, -0.2) is 23.3 Å². The van der Waals surface area contributed by atoms with Gasteiger partial charge in [-0.2, -0.15) is 0 Å². The smallest absolute Gasteiger partial charge is 0.0918 e. The number of nitrogens with one attached hydrogen (secondary N) is 1. The number of rotatable bonds is 6. The molecule has 3 nitrogen and oxygen atoms in total. The quantitative estimate of drug-likeness (QED) is 0.627. The van der Waals surface area contributed by atoms with Gasteiger partial charge in [0.2, 0.25) is 0 Å². The maximum Gasteiger partial charge on any atom is 0.0918 e. The average molecular weight is 302 g/mol. The molecule has 1 saturated carbocycles. The second-order valence-corrected chi connectivity index (χ2v) is 6.12. The SMILES string of the molecule is N=C(N)CCN(Cc1cc(Br)cs1)C1CC1. The molecule has 88 valence electrons. The summed E-state index contributed by atoms with van der Waals surface area (Å²) in [5, 5.41) is 9.40. The highest BCUT2D eigenvalue weighted by molar-refractivity contribution is 9.10. The zero-order valence-corrected chi connectivity index (χ0v) is 11.5. The standard InChI is InChI=1S/C11H16BrN3S/c12-8-5-10(16-7-8)6-15(9-1-2-9)4-3-11(13)14/h5,7,9H,1-4,6H2,(H3,13,14). The van der Waals surface area contributed by atoms with Crippen molar-refractivity contribution in [3.8, 4) is 0 Å². The number of thiophene rings is 1. The van der Waals surface area contributed by atoms with Crippen LogP contribution < -0.4 is 5.73 Å². The van der Waals surface area contributed by atoms with E-state index >= 15 is 0 Å². The van der Waals surface area contributed by atoms with Crippen molar-refractivity contribution in [1.82, 2.24) is 4.90 Å². The third-order valence-electron chi connectivity index (χ3n) is 2.71. The molecular formula is C11H16BrN3S. The lowest BCUT2D eigenvalue weighted by atomic mass is 10.3.